The van der Waals surface area contributed by atoms with Gasteiger partial charge in [0.2, 0.25) is 5.17 Å². The highest BCUT2D eigenvalue weighted by molar-refractivity contribution is 8.26. The van der Waals surface area contributed by atoms with Gasteiger partial charge in [-0.1, -0.05) is 38.8 Å². The minimum absolute atomic E-state index is 0.0927. The number of rotatable bonds is 7. The van der Waals surface area contributed by atoms with Gasteiger partial charge >= 0.3 is 0 Å². The Morgan fingerprint density at radius 1 is 1.12 bits per heavy atom. The van der Waals surface area contributed by atoms with Crippen LogP contribution in [-0.2, 0) is 11.2 Å². The van der Waals surface area contributed by atoms with Crippen LogP contribution in [-0.4, -0.2) is 31.5 Å². The predicted molar refractivity (Wildman–Crippen MR) is 134 cm³/mol. The SMILES string of the molecule is CCCCCC1=NN2C(=N)C(=Cc3cc(C)n(-c4ccc(CC)cc4)c3C)C(=O)N=C2S1. The molecule has 0 bridgehead atoms. The predicted octanol–water partition coefficient (Wildman–Crippen LogP) is 5.86. The second-order valence-electron chi connectivity index (χ2n) is 8.15. The number of carbonyl (C=O) groups is 1. The fourth-order valence-corrected chi connectivity index (χ4v) is 4.95. The minimum Gasteiger partial charge on any atom is -0.318 e. The number of thioether (sulfide) groups is 1. The molecule has 2 aliphatic rings. The molecule has 3 heterocycles. The van der Waals surface area contributed by atoms with E-state index < -0.39 is 0 Å². The van der Waals surface area contributed by atoms with Crippen molar-refractivity contribution in [2.45, 2.75) is 59.8 Å². The van der Waals surface area contributed by atoms with Crippen molar-refractivity contribution in [1.82, 2.24) is 9.58 Å². The van der Waals surface area contributed by atoms with Crippen molar-refractivity contribution in [1.29, 1.82) is 5.41 Å². The molecule has 0 spiro atoms. The van der Waals surface area contributed by atoms with Gasteiger partial charge in [0.05, 0.1) is 5.57 Å². The van der Waals surface area contributed by atoms with Crippen LogP contribution in [0.15, 0.2) is 46.0 Å². The van der Waals surface area contributed by atoms with Gasteiger partial charge in [0.25, 0.3) is 5.91 Å². The first kappa shape index (κ1) is 22.3. The van der Waals surface area contributed by atoms with E-state index in [0.29, 0.717) is 5.17 Å². The van der Waals surface area contributed by atoms with E-state index in [1.807, 2.05) is 13.0 Å². The Hall–Kier alpha value is -2.93. The third kappa shape index (κ3) is 4.21. The van der Waals surface area contributed by atoms with Crippen molar-refractivity contribution >= 4 is 39.8 Å². The van der Waals surface area contributed by atoms with Gasteiger partial charge < -0.3 is 4.57 Å². The molecule has 1 aromatic carbocycles. The van der Waals surface area contributed by atoms with Crippen LogP contribution in [0.2, 0.25) is 0 Å². The maximum Gasteiger partial charge on any atom is 0.283 e. The second kappa shape index (κ2) is 9.28. The minimum atomic E-state index is -0.379. The number of hydrogen-bond acceptors (Lipinski definition) is 4. The summed E-state index contributed by atoms with van der Waals surface area (Å²) in [5.41, 5.74) is 5.66. The number of unbranched alkanes of at least 4 members (excludes halogenated alkanes) is 2. The van der Waals surface area contributed by atoms with Crippen LogP contribution in [0.3, 0.4) is 0 Å². The molecule has 4 rings (SSSR count). The van der Waals surface area contributed by atoms with Crippen molar-refractivity contribution in [3.8, 4) is 5.69 Å². The summed E-state index contributed by atoms with van der Waals surface area (Å²) in [6.45, 7) is 8.40. The number of benzene rings is 1. The first-order valence-electron chi connectivity index (χ1n) is 11.2. The summed E-state index contributed by atoms with van der Waals surface area (Å²) in [6.07, 6.45) is 6.98. The van der Waals surface area contributed by atoms with Gasteiger partial charge in [0, 0.05) is 17.1 Å². The van der Waals surface area contributed by atoms with Crippen molar-refractivity contribution in [3.63, 3.8) is 0 Å². The summed E-state index contributed by atoms with van der Waals surface area (Å²) in [4.78, 5) is 17.0. The van der Waals surface area contributed by atoms with Crippen LogP contribution in [0.25, 0.3) is 11.8 Å². The molecule has 2 aliphatic heterocycles. The zero-order chi connectivity index (χ0) is 22.8. The molecule has 0 saturated heterocycles. The van der Waals surface area contributed by atoms with Gasteiger partial charge in [0.1, 0.15) is 5.04 Å². The highest BCUT2D eigenvalue weighted by Gasteiger charge is 2.35. The molecule has 32 heavy (non-hydrogen) atoms. The van der Waals surface area contributed by atoms with E-state index in [2.05, 4.69) is 59.7 Å². The van der Waals surface area contributed by atoms with E-state index in [1.165, 1.54) is 22.3 Å². The average Bonchev–Trinajstić information content (AvgIpc) is 3.31. The Kier molecular flexibility index (Phi) is 6.46. The molecule has 166 valence electrons. The standard InChI is InChI=1S/C25H29N5OS/c1-5-7-8-9-22-28-30-23(26)21(24(31)27-25(30)32-22)15-19-14-16(3)29(17(19)4)20-12-10-18(6-2)11-13-20/h10-15,26H,5-9H2,1-4H3. The maximum atomic E-state index is 12.8. The Labute approximate surface area is 193 Å². The lowest BCUT2D eigenvalue weighted by Crippen LogP contribution is -2.35. The lowest BCUT2D eigenvalue weighted by molar-refractivity contribution is -0.114. The molecule has 1 amide bonds. The lowest BCUT2D eigenvalue weighted by Gasteiger charge is -2.20. The van der Waals surface area contributed by atoms with Crippen LogP contribution >= 0.6 is 11.8 Å². The Bertz CT molecular complexity index is 1150. The van der Waals surface area contributed by atoms with E-state index in [-0.39, 0.29) is 17.3 Å². The highest BCUT2D eigenvalue weighted by Crippen LogP contribution is 2.31. The van der Waals surface area contributed by atoms with Gasteiger partial charge in [-0.15, -0.1) is 0 Å². The van der Waals surface area contributed by atoms with E-state index in [4.69, 9.17) is 5.41 Å². The van der Waals surface area contributed by atoms with Crippen LogP contribution in [0.5, 0.6) is 0 Å². The second-order valence-corrected chi connectivity index (χ2v) is 9.19. The van der Waals surface area contributed by atoms with Crippen molar-refractivity contribution < 1.29 is 4.79 Å². The summed E-state index contributed by atoms with van der Waals surface area (Å²) < 4.78 is 2.17. The monoisotopic (exact) mass is 447 g/mol. The van der Waals surface area contributed by atoms with Crippen LogP contribution in [0.1, 0.15) is 62.0 Å². The summed E-state index contributed by atoms with van der Waals surface area (Å²) >= 11 is 1.40. The molecule has 0 saturated carbocycles. The Morgan fingerprint density at radius 3 is 2.56 bits per heavy atom. The zero-order valence-electron chi connectivity index (χ0n) is 19.1. The molecule has 1 N–H and O–H groups in total. The van der Waals surface area contributed by atoms with Crippen molar-refractivity contribution in [2.24, 2.45) is 10.1 Å². The maximum absolute atomic E-state index is 12.8. The highest BCUT2D eigenvalue weighted by atomic mass is 32.2. The number of nitrogens with one attached hydrogen (secondary N) is 1. The first-order valence-corrected chi connectivity index (χ1v) is 12.0. The molecule has 0 atom stereocenters. The molecule has 2 aromatic rings. The number of amides is 1. The van der Waals surface area contributed by atoms with Crippen LogP contribution < -0.4 is 0 Å². The van der Waals surface area contributed by atoms with Gasteiger partial charge in [-0.25, -0.2) is 0 Å². The number of carbonyl (C=O) groups excluding carboxylic acids is 1. The molecule has 0 aliphatic carbocycles. The average molecular weight is 448 g/mol. The van der Waals surface area contributed by atoms with E-state index >= 15 is 0 Å². The summed E-state index contributed by atoms with van der Waals surface area (Å²) in [5, 5.41) is 16.1. The third-order valence-corrected chi connectivity index (χ3v) is 6.83. The topological polar surface area (TPSA) is 73.8 Å². The summed E-state index contributed by atoms with van der Waals surface area (Å²) in [5.74, 6) is -0.286. The van der Waals surface area contributed by atoms with Gasteiger partial charge in [-0.3, -0.25) is 10.2 Å². The van der Waals surface area contributed by atoms with Gasteiger partial charge in [0.15, 0.2) is 5.84 Å². The molecular weight excluding hydrogens is 418 g/mol. The van der Waals surface area contributed by atoms with E-state index in [0.717, 1.165) is 59.8 Å². The smallest absolute Gasteiger partial charge is 0.283 e. The number of fused-ring (bicyclic) bond motifs is 1. The number of hydrazone groups is 1. The Balaban J connectivity index is 1.63. The summed E-state index contributed by atoms with van der Waals surface area (Å²) in [7, 11) is 0. The van der Waals surface area contributed by atoms with Crippen molar-refractivity contribution in [3.05, 3.63) is 58.4 Å². The van der Waals surface area contributed by atoms with Crippen LogP contribution in [0.4, 0.5) is 0 Å². The largest absolute Gasteiger partial charge is 0.318 e. The number of aliphatic imine (C=N–C) groups is 1. The number of aromatic nitrogens is 1. The van der Waals surface area contributed by atoms with E-state index in [1.54, 1.807) is 6.08 Å². The third-order valence-electron chi connectivity index (χ3n) is 5.86. The molecule has 7 heteroatoms. The van der Waals surface area contributed by atoms with E-state index in [9.17, 15) is 4.79 Å². The van der Waals surface area contributed by atoms with Gasteiger partial charge in [-0.05, 0) is 80.3 Å². The fourth-order valence-electron chi connectivity index (χ4n) is 4.03. The lowest BCUT2D eigenvalue weighted by atomic mass is 10.1. The molecule has 1 aromatic heterocycles. The normalized spacial score (nSPS) is 17.1. The zero-order valence-corrected chi connectivity index (χ0v) is 19.9. The fraction of sp³-hybridized carbons (Fsp3) is 0.360. The van der Waals surface area contributed by atoms with Crippen molar-refractivity contribution in [2.75, 3.05) is 0 Å². The van der Waals surface area contributed by atoms with Crippen LogP contribution in [0, 0.1) is 19.3 Å². The number of nitrogens with zero attached hydrogens (tertiary/aromatic N) is 4. The molecule has 0 radical (unpaired) electrons. The quantitative estimate of drug-likeness (QED) is 0.427. The number of amidine groups is 2. The van der Waals surface area contributed by atoms with Gasteiger partial charge in [-0.2, -0.15) is 15.1 Å². The number of hydrogen-bond donors (Lipinski definition) is 1. The molecule has 0 fully saturated rings. The molecule has 0 unspecified atom stereocenters. The number of aryl methyl sites for hydroxylation is 2. The summed E-state index contributed by atoms with van der Waals surface area (Å²) in [6, 6.07) is 10.6. The molecular formula is C25H29N5OS. The first-order chi connectivity index (χ1) is 15.4. The molecule has 6 nitrogen and oxygen atoms in total. The Morgan fingerprint density at radius 2 is 1.88 bits per heavy atom.